The highest BCUT2D eigenvalue weighted by Gasteiger charge is 2.26. The first-order valence-electron chi connectivity index (χ1n) is 7.95. The maximum atomic E-state index is 12.5. The Bertz CT molecular complexity index is 984. The van der Waals surface area contributed by atoms with E-state index in [0.717, 1.165) is 5.56 Å². The van der Waals surface area contributed by atoms with Crippen LogP contribution < -0.4 is 5.32 Å². The number of amides is 2. The van der Waals surface area contributed by atoms with Gasteiger partial charge in [0.15, 0.2) is 5.82 Å². The predicted octanol–water partition coefficient (Wildman–Crippen LogP) is 1.86. The largest absolute Gasteiger partial charge is 0.307 e. The molecule has 0 unspecified atom stereocenters. The Labute approximate surface area is 159 Å². The molecule has 0 aliphatic carbocycles. The van der Waals surface area contributed by atoms with Crippen LogP contribution in [-0.4, -0.2) is 39.2 Å². The van der Waals surface area contributed by atoms with E-state index in [1.165, 1.54) is 16.7 Å². The van der Waals surface area contributed by atoms with Crippen molar-refractivity contribution in [1.29, 1.82) is 10.5 Å². The zero-order valence-electron chi connectivity index (χ0n) is 14.1. The first kappa shape index (κ1) is 18.2. The number of carbonyl (C=O) groups is 2. The molecule has 0 spiro atoms. The lowest BCUT2D eigenvalue weighted by Gasteiger charge is -2.28. The minimum absolute atomic E-state index is 0.0194. The molecular weight excluding hydrogens is 364 g/mol. The highest BCUT2D eigenvalue weighted by atomic mass is 32.2. The number of nitrogens with one attached hydrogen (secondary N) is 2. The lowest BCUT2D eigenvalue weighted by atomic mass is 10.1. The second kappa shape index (κ2) is 8.21. The van der Waals surface area contributed by atoms with Gasteiger partial charge in [-0.05, 0) is 11.0 Å². The van der Waals surface area contributed by atoms with Gasteiger partial charge in [0.2, 0.25) is 11.8 Å². The summed E-state index contributed by atoms with van der Waals surface area (Å²) < 4.78 is 0. The molecule has 2 N–H and O–H groups in total. The van der Waals surface area contributed by atoms with Crippen molar-refractivity contribution < 1.29 is 9.59 Å². The summed E-state index contributed by atoms with van der Waals surface area (Å²) in [6.07, 6.45) is -0.0194. The summed E-state index contributed by atoms with van der Waals surface area (Å²) in [5.74, 6) is -0.355. The Morgan fingerprint density at radius 2 is 2.11 bits per heavy atom. The summed E-state index contributed by atoms with van der Waals surface area (Å²) >= 11 is 1.38. The summed E-state index contributed by atoms with van der Waals surface area (Å²) in [5, 5.41) is 28.8. The van der Waals surface area contributed by atoms with Crippen LogP contribution in [-0.2, 0) is 16.0 Å². The molecule has 2 amide bonds. The van der Waals surface area contributed by atoms with Gasteiger partial charge in [0.25, 0.3) is 0 Å². The molecule has 0 saturated carbocycles. The molecule has 1 aromatic carbocycles. The summed E-state index contributed by atoms with van der Waals surface area (Å²) in [5.41, 5.74) is 1.94. The van der Waals surface area contributed by atoms with Crippen molar-refractivity contribution in [2.45, 2.75) is 6.42 Å². The second-order valence-electron chi connectivity index (χ2n) is 5.58. The summed E-state index contributed by atoms with van der Waals surface area (Å²) in [6.45, 7) is -0.203. The van der Waals surface area contributed by atoms with E-state index in [-0.39, 0.29) is 36.0 Å². The number of aromatic nitrogens is 2. The molecule has 1 aliphatic rings. The van der Waals surface area contributed by atoms with Gasteiger partial charge in [-0.3, -0.25) is 14.7 Å². The zero-order chi connectivity index (χ0) is 19.2. The van der Waals surface area contributed by atoms with Gasteiger partial charge in [-0.25, -0.2) is 0 Å². The van der Waals surface area contributed by atoms with E-state index in [9.17, 15) is 14.9 Å². The van der Waals surface area contributed by atoms with Gasteiger partial charge in [0.1, 0.15) is 18.2 Å². The van der Waals surface area contributed by atoms with Crippen molar-refractivity contribution in [3.8, 4) is 12.1 Å². The highest BCUT2D eigenvalue weighted by Crippen LogP contribution is 2.28. The molecule has 0 bridgehead atoms. The number of aromatic amines is 1. The molecule has 2 heterocycles. The minimum atomic E-state index is -0.483. The molecule has 0 radical (unpaired) electrons. The molecule has 27 heavy (non-hydrogen) atoms. The third-order valence-corrected chi connectivity index (χ3v) is 4.64. The number of hydrogen-bond acceptors (Lipinski definition) is 6. The Hall–Kier alpha value is -3.56. The van der Waals surface area contributed by atoms with Crippen LogP contribution in [0.5, 0.6) is 0 Å². The topological polar surface area (TPSA) is 126 Å². The Balaban J connectivity index is 1.78. The molecule has 1 aliphatic heterocycles. The van der Waals surface area contributed by atoms with Gasteiger partial charge < -0.3 is 10.2 Å². The number of rotatable bonds is 5. The molecule has 0 saturated heterocycles. The Kier molecular flexibility index (Phi) is 5.55. The molecule has 9 heteroatoms. The van der Waals surface area contributed by atoms with Crippen LogP contribution in [0.1, 0.15) is 16.8 Å². The number of thioether (sulfide) groups is 1. The number of benzene rings is 1. The van der Waals surface area contributed by atoms with Gasteiger partial charge in [0.05, 0.1) is 29.6 Å². The van der Waals surface area contributed by atoms with Crippen LogP contribution in [0.25, 0.3) is 5.70 Å². The molecule has 0 atom stereocenters. The van der Waals surface area contributed by atoms with Crippen molar-refractivity contribution >= 4 is 35.1 Å². The maximum absolute atomic E-state index is 12.5. The van der Waals surface area contributed by atoms with Gasteiger partial charge in [-0.15, -0.1) is 11.8 Å². The van der Waals surface area contributed by atoms with Gasteiger partial charge in [-0.1, -0.05) is 30.3 Å². The number of nitrogens with zero attached hydrogens (tertiary/aromatic N) is 4. The van der Waals surface area contributed by atoms with Crippen LogP contribution in [0.4, 0.5) is 5.82 Å². The highest BCUT2D eigenvalue weighted by molar-refractivity contribution is 8.03. The number of anilines is 1. The number of carbonyl (C=O) groups excluding carboxylic acids is 2. The van der Waals surface area contributed by atoms with Gasteiger partial charge in [-0.2, -0.15) is 15.6 Å². The van der Waals surface area contributed by atoms with E-state index in [4.69, 9.17) is 5.26 Å². The first-order valence-corrected chi connectivity index (χ1v) is 9.00. The SMILES string of the molecule is N#CCc1[nH]nc(NC(=O)CN2C(=O)CSC=C2c2ccccc2)c1C#N. The first-order chi connectivity index (χ1) is 13.1. The van der Waals surface area contributed by atoms with E-state index in [1.807, 2.05) is 47.9 Å². The van der Waals surface area contributed by atoms with Gasteiger partial charge >= 0.3 is 0 Å². The minimum Gasteiger partial charge on any atom is -0.307 e. The van der Waals surface area contributed by atoms with Crippen molar-refractivity contribution in [3.05, 3.63) is 52.6 Å². The molecule has 134 valence electrons. The van der Waals surface area contributed by atoms with Crippen molar-refractivity contribution in [1.82, 2.24) is 15.1 Å². The fourth-order valence-electron chi connectivity index (χ4n) is 2.59. The average Bonchev–Trinajstić information content (AvgIpc) is 3.05. The zero-order valence-corrected chi connectivity index (χ0v) is 14.9. The normalized spacial score (nSPS) is 13.5. The molecule has 3 rings (SSSR count). The van der Waals surface area contributed by atoms with Gasteiger partial charge in [0, 0.05) is 0 Å². The van der Waals surface area contributed by atoms with Crippen molar-refractivity contribution in [2.75, 3.05) is 17.6 Å². The second-order valence-corrected chi connectivity index (χ2v) is 6.44. The number of nitriles is 2. The fourth-order valence-corrected chi connectivity index (χ4v) is 3.39. The van der Waals surface area contributed by atoms with Crippen LogP contribution in [0.3, 0.4) is 0 Å². The summed E-state index contributed by atoms with van der Waals surface area (Å²) in [4.78, 5) is 26.2. The molecule has 2 aromatic rings. The number of H-pyrrole nitrogens is 1. The lowest BCUT2D eigenvalue weighted by molar-refractivity contribution is -0.129. The van der Waals surface area contributed by atoms with E-state index in [1.54, 1.807) is 0 Å². The monoisotopic (exact) mass is 378 g/mol. The van der Waals surface area contributed by atoms with E-state index >= 15 is 0 Å². The molecule has 8 nitrogen and oxygen atoms in total. The predicted molar refractivity (Wildman–Crippen MR) is 99.8 cm³/mol. The van der Waals surface area contributed by atoms with E-state index < -0.39 is 5.91 Å². The maximum Gasteiger partial charge on any atom is 0.245 e. The Morgan fingerprint density at radius 3 is 2.81 bits per heavy atom. The van der Waals surface area contributed by atoms with Crippen LogP contribution in [0, 0.1) is 22.7 Å². The summed E-state index contributed by atoms with van der Waals surface area (Å²) in [7, 11) is 0. The standard InChI is InChI=1S/C18H14N6O2S/c19-7-6-14-13(8-20)18(23-22-14)21-16(25)9-24-15(10-27-11-17(24)26)12-4-2-1-3-5-12/h1-5,10H,6,9,11H2,(H2,21,22,23,25). The molecule has 0 fully saturated rings. The summed E-state index contributed by atoms with van der Waals surface area (Å²) in [6, 6.07) is 13.2. The van der Waals surface area contributed by atoms with Crippen molar-refractivity contribution in [2.24, 2.45) is 0 Å². The van der Waals surface area contributed by atoms with Crippen LogP contribution in [0.15, 0.2) is 35.7 Å². The fraction of sp³-hybridized carbons (Fsp3) is 0.167. The van der Waals surface area contributed by atoms with Crippen LogP contribution >= 0.6 is 11.8 Å². The lowest BCUT2D eigenvalue weighted by Crippen LogP contribution is -2.39. The van der Waals surface area contributed by atoms with E-state index in [2.05, 4.69) is 15.5 Å². The quantitative estimate of drug-likeness (QED) is 0.818. The molecular formula is C18H14N6O2S. The van der Waals surface area contributed by atoms with E-state index in [0.29, 0.717) is 11.4 Å². The smallest absolute Gasteiger partial charge is 0.245 e. The third-order valence-electron chi connectivity index (χ3n) is 3.83. The number of hydrogen-bond donors (Lipinski definition) is 2. The Morgan fingerprint density at radius 1 is 1.33 bits per heavy atom. The molecule has 1 aromatic heterocycles. The average molecular weight is 378 g/mol. The third kappa shape index (κ3) is 4.00. The van der Waals surface area contributed by atoms with Crippen LogP contribution in [0.2, 0.25) is 0 Å². The van der Waals surface area contributed by atoms with Crippen molar-refractivity contribution in [3.63, 3.8) is 0 Å².